The summed E-state index contributed by atoms with van der Waals surface area (Å²) in [6.45, 7) is 0. The van der Waals surface area contributed by atoms with E-state index in [4.69, 9.17) is 26.4 Å². The van der Waals surface area contributed by atoms with E-state index in [-0.39, 0.29) is 5.82 Å². The molecule has 4 heteroatoms. The summed E-state index contributed by atoms with van der Waals surface area (Å²) in [5.41, 5.74) is 3.21. The molecule has 11 aromatic rings. The molecular formula is C51H32N4. The van der Waals surface area contributed by atoms with Gasteiger partial charge in [-0.05, 0) is 68.7 Å². The van der Waals surface area contributed by atoms with E-state index < -0.39 is 118 Å². The lowest BCUT2D eigenvalue weighted by Crippen LogP contribution is -2.01. The Labute approximate surface area is 337 Å². The molecule has 0 aliphatic heterocycles. The minimum Gasteiger partial charge on any atom is -0.309 e. The summed E-state index contributed by atoms with van der Waals surface area (Å²) >= 11 is 0. The van der Waals surface area contributed by atoms with Crippen LogP contribution >= 0.6 is 0 Å². The maximum Gasteiger partial charge on any atom is 0.164 e. The van der Waals surface area contributed by atoms with Crippen LogP contribution in [0.5, 0.6) is 0 Å². The Morgan fingerprint density at radius 1 is 0.364 bits per heavy atom. The van der Waals surface area contributed by atoms with Crippen molar-refractivity contribution in [1.82, 2.24) is 19.5 Å². The van der Waals surface area contributed by atoms with E-state index in [1.165, 1.54) is 0 Å². The van der Waals surface area contributed by atoms with Gasteiger partial charge in [0.15, 0.2) is 17.5 Å². The zero-order chi connectivity index (χ0) is 48.5. The normalized spacial score (nSPS) is 15.2. The molecule has 55 heavy (non-hydrogen) atoms. The number of nitrogens with zero attached hydrogens (tertiary/aromatic N) is 4. The van der Waals surface area contributed by atoms with E-state index in [1.54, 1.807) is 0 Å². The number of hydrogen-bond donors (Lipinski definition) is 0. The second-order valence-corrected chi connectivity index (χ2v) is 12.9. The first-order valence-electron chi connectivity index (χ1n) is 24.5. The molecule has 256 valence electrons. The third kappa shape index (κ3) is 5.11. The van der Waals surface area contributed by atoms with Gasteiger partial charge in [-0.2, -0.15) is 0 Å². The van der Waals surface area contributed by atoms with Gasteiger partial charge in [-0.3, -0.25) is 0 Å². The lowest BCUT2D eigenvalue weighted by atomic mass is 9.91. The molecule has 0 N–H and O–H groups in total. The molecule has 2 heterocycles. The summed E-state index contributed by atoms with van der Waals surface area (Å²) in [6, 6.07) is 26.2. The third-order valence-electron chi connectivity index (χ3n) is 9.85. The first-order valence-corrected chi connectivity index (χ1v) is 17.5. The van der Waals surface area contributed by atoms with Crippen molar-refractivity contribution in [3.8, 4) is 62.1 Å². The Kier molecular flexibility index (Phi) is 4.62. The first-order chi connectivity index (χ1) is 33.1. The SMILES string of the molecule is [2H]c1c([2H])c([2H])c(-c2nc(-c3c([2H])c([2H])c(-c4c([2H])c([2H])c([2H])c([2H])c4[2H])c([2H])c3[2H])nc(-c3ccc4c5c3c3ccccc3c3cccc(c35)n4-c3cccc(-c4ccccc4)c3)n2)c([2H])c1[2H]. The van der Waals surface area contributed by atoms with Crippen molar-refractivity contribution >= 4 is 43.4 Å². The molecule has 0 atom stereocenters. The molecule has 0 aliphatic carbocycles. The van der Waals surface area contributed by atoms with Crippen LogP contribution in [0.25, 0.3) is 105 Å². The van der Waals surface area contributed by atoms with Crippen LogP contribution in [0.15, 0.2) is 194 Å². The highest BCUT2D eigenvalue weighted by Crippen LogP contribution is 2.47. The second-order valence-electron chi connectivity index (χ2n) is 12.9. The zero-order valence-electron chi connectivity index (χ0n) is 42.7. The molecule has 2 aromatic heterocycles. The van der Waals surface area contributed by atoms with E-state index in [2.05, 4.69) is 45.9 Å². The van der Waals surface area contributed by atoms with Gasteiger partial charge in [-0.1, -0.05) is 163 Å². The topological polar surface area (TPSA) is 43.6 Å². The summed E-state index contributed by atoms with van der Waals surface area (Å²) in [5.74, 6) is -0.925. The number of benzene rings is 9. The fourth-order valence-electron chi connectivity index (χ4n) is 7.52. The van der Waals surface area contributed by atoms with Crippen LogP contribution in [-0.2, 0) is 0 Å². The Morgan fingerprint density at radius 2 is 0.909 bits per heavy atom. The molecular weight excluding hydrogens is 669 g/mol. The molecule has 4 nitrogen and oxygen atoms in total. The Balaban J connectivity index is 1.24. The van der Waals surface area contributed by atoms with Gasteiger partial charge in [0.2, 0.25) is 0 Å². The van der Waals surface area contributed by atoms with Gasteiger partial charge in [0.05, 0.1) is 30.2 Å². The molecule has 0 amide bonds. The molecule has 0 fully saturated rings. The van der Waals surface area contributed by atoms with Crippen LogP contribution in [0.3, 0.4) is 0 Å². The Bertz CT molecular complexity index is 3940. The maximum atomic E-state index is 9.31. The van der Waals surface area contributed by atoms with Crippen molar-refractivity contribution in [2.45, 2.75) is 0 Å². The van der Waals surface area contributed by atoms with Crippen LogP contribution in [0.1, 0.15) is 19.2 Å². The summed E-state index contributed by atoms with van der Waals surface area (Å²) in [5, 5.41) is 5.19. The zero-order valence-corrected chi connectivity index (χ0v) is 28.7. The van der Waals surface area contributed by atoms with Gasteiger partial charge >= 0.3 is 0 Å². The van der Waals surface area contributed by atoms with Crippen LogP contribution < -0.4 is 0 Å². The van der Waals surface area contributed by atoms with E-state index in [0.29, 0.717) is 10.9 Å². The minimum absolute atomic E-state index is 0.0774. The van der Waals surface area contributed by atoms with Crippen LogP contribution in [0, 0.1) is 0 Å². The van der Waals surface area contributed by atoms with Crippen molar-refractivity contribution in [2.24, 2.45) is 0 Å². The maximum absolute atomic E-state index is 9.31. The van der Waals surface area contributed by atoms with Gasteiger partial charge in [0.1, 0.15) is 0 Å². The van der Waals surface area contributed by atoms with Crippen molar-refractivity contribution in [1.29, 1.82) is 0 Å². The van der Waals surface area contributed by atoms with Crippen molar-refractivity contribution in [3.05, 3.63) is 194 Å². The van der Waals surface area contributed by atoms with Gasteiger partial charge in [-0.25, -0.2) is 15.0 Å². The summed E-state index contributed by atoms with van der Waals surface area (Å²) < 4.78 is 124. The van der Waals surface area contributed by atoms with Gasteiger partial charge in [0.25, 0.3) is 0 Å². The predicted octanol–water partition coefficient (Wildman–Crippen LogP) is 13.0. The predicted molar refractivity (Wildman–Crippen MR) is 228 cm³/mol. The van der Waals surface area contributed by atoms with E-state index in [9.17, 15) is 2.74 Å². The molecule has 11 rings (SSSR count). The largest absolute Gasteiger partial charge is 0.309 e. The fourth-order valence-corrected chi connectivity index (χ4v) is 7.52. The Morgan fingerprint density at radius 3 is 1.67 bits per heavy atom. The standard InChI is InChI=1S/C51H32N4/c1-4-14-33(15-5-1)35-26-28-37(29-27-35)50-52-49(36-18-8-3-9-19-36)53-51(54-50)43-30-31-45-48-46(43)41-23-11-10-22-40(41)42-24-13-25-44(47(42)48)55(45)39-21-12-20-38(32-39)34-16-6-2-7-17-34/h1-32H/i1D,3D,4D,5D,8D,9D,14D,15D,18D,19D,26D,27D,28D,29D. The fraction of sp³-hybridized carbons (Fsp3) is 0. The van der Waals surface area contributed by atoms with Gasteiger partial charge in [-0.15, -0.1) is 0 Å². The lowest BCUT2D eigenvalue weighted by Gasteiger charge is -2.14. The van der Waals surface area contributed by atoms with Crippen molar-refractivity contribution < 1.29 is 19.2 Å². The van der Waals surface area contributed by atoms with Crippen LogP contribution in [0.2, 0.25) is 0 Å². The quantitative estimate of drug-likeness (QED) is 0.161. The number of rotatable bonds is 6. The molecule has 9 aromatic carbocycles. The van der Waals surface area contributed by atoms with Crippen molar-refractivity contribution in [3.63, 3.8) is 0 Å². The van der Waals surface area contributed by atoms with Gasteiger partial charge in [0, 0.05) is 38.5 Å². The molecule has 0 spiro atoms. The lowest BCUT2D eigenvalue weighted by molar-refractivity contribution is 1.08. The monoisotopic (exact) mass is 714 g/mol. The van der Waals surface area contributed by atoms with Gasteiger partial charge < -0.3 is 4.57 Å². The van der Waals surface area contributed by atoms with E-state index in [1.807, 2.05) is 72.8 Å². The third-order valence-corrected chi connectivity index (χ3v) is 9.85. The molecule has 0 saturated carbocycles. The molecule has 0 bridgehead atoms. The first kappa shape index (κ1) is 20.1. The average Bonchev–Trinajstić information content (AvgIpc) is 3.71. The highest BCUT2D eigenvalue weighted by atomic mass is 15.0. The summed E-state index contributed by atoms with van der Waals surface area (Å²) in [4.78, 5) is 14.2. The second kappa shape index (κ2) is 12.6. The van der Waals surface area contributed by atoms with Crippen molar-refractivity contribution in [2.75, 3.05) is 0 Å². The summed E-state index contributed by atoms with van der Waals surface area (Å²) in [7, 11) is 0. The molecule has 0 saturated heterocycles. The minimum atomic E-state index is -0.752. The van der Waals surface area contributed by atoms with E-state index >= 15 is 0 Å². The molecule has 0 aliphatic rings. The molecule has 0 unspecified atom stereocenters. The van der Waals surface area contributed by atoms with E-state index in [0.717, 1.165) is 54.8 Å². The number of hydrogen-bond acceptors (Lipinski definition) is 3. The smallest absolute Gasteiger partial charge is 0.164 e. The average molecular weight is 715 g/mol. The summed E-state index contributed by atoms with van der Waals surface area (Å²) in [6.07, 6.45) is 0. The Hall–Kier alpha value is -7.43. The highest BCUT2D eigenvalue weighted by molar-refractivity contribution is 6.36. The molecule has 0 radical (unpaired) electrons. The highest BCUT2D eigenvalue weighted by Gasteiger charge is 2.24. The number of fused-ring (bicyclic) bond motifs is 3. The van der Waals surface area contributed by atoms with Crippen LogP contribution in [0.4, 0.5) is 0 Å². The number of aromatic nitrogens is 4. The van der Waals surface area contributed by atoms with Crippen LogP contribution in [-0.4, -0.2) is 19.5 Å².